The normalized spacial score (nSPS) is 11.6. The number of carbonyl (C=O) groups is 1. The summed E-state index contributed by atoms with van der Waals surface area (Å²) < 4.78 is 0. The Bertz CT molecular complexity index is 254. The molecule has 0 unspecified atom stereocenters. The van der Waals surface area contributed by atoms with Gasteiger partial charge in [-0.1, -0.05) is 82.9 Å². The van der Waals surface area contributed by atoms with Gasteiger partial charge in [-0.15, -0.1) is 0 Å². The number of unbranched alkanes of at least 4 members (excludes halogenated alkanes) is 10. The maximum absolute atomic E-state index is 10.2. The molecule has 2 heteroatoms. The van der Waals surface area contributed by atoms with Crippen molar-refractivity contribution in [3.8, 4) is 0 Å². The Morgan fingerprint density at radius 1 is 0.842 bits per heavy atom. The molecular formula is C17H30O2. The molecule has 110 valence electrons. The van der Waals surface area contributed by atoms with Gasteiger partial charge in [0.2, 0.25) is 0 Å². The number of carboxylic acids is 1. The van der Waals surface area contributed by atoms with E-state index in [9.17, 15) is 4.79 Å². The van der Waals surface area contributed by atoms with Gasteiger partial charge in [0.1, 0.15) is 0 Å². The van der Waals surface area contributed by atoms with Crippen LogP contribution in [0, 0.1) is 0 Å². The molecule has 19 heavy (non-hydrogen) atoms. The topological polar surface area (TPSA) is 37.3 Å². The molecule has 2 nitrogen and oxygen atoms in total. The molecule has 0 fully saturated rings. The molecule has 0 bridgehead atoms. The molecule has 0 amide bonds. The molecule has 0 aliphatic heterocycles. The van der Waals surface area contributed by atoms with Gasteiger partial charge in [-0.3, -0.25) is 0 Å². The predicted molar refractivity (Wildman–Crippen MR) is 82.4 cm³/mol. The first-order chi connectivity index (χ1) is 9.27. The highest BCUT2D eigenvalue weighted by molar-refractivity contribution is 5.80. The van der Waals surface area contributed by atoms with Gasteiger partial charge in [-0.2, -0.15) is 0 Å². The van der Waals surface area contributed by atoms with Crippen LogP contribution in [0.1, 0.15) is 77.6 Å². The number of rotatable bonds is 13. The fourth-order valence-corrected chi connectivity index (χ4v) is 2.06. The fraction of sp³-hybridized carbons (Fsp3) is 0.706. The molecule has 0 spiro atoms. The zero-order valence-electron chi connectivity index (χ0n) is 12.4. The maximum Gasteiger partial charge on any atom is 0.328 e. The molecule has 0 aromatic rings. The minimum Gasteiger partial charge on any atom is -0.478 e. The molecule has 0 aliphatic rings. The van der Waals surface area contributed by atoms with Crippen molar-refractivity contribution in [2.24, 2.45) is 0 Å². The third-order valence-electron chi connectivity index (χ3n) is 3.21. The lowest BCUT2D eigenvalue weighted by molar-refractivity contribution is -0.131. The van der Waals surface area contributed by atoms with E-state index < -0.39 is 5.97 Å². The van der Waals surface area contributed by atoms with Crippen LogP contribution in [0.25, 0.3) is 0 Å². The highest BCUT2D eigenvalue weighted by Crippen LogP contribution is 2.11. The summed E-state index contributed by atoms with van der Waals surface area (Å²) >= 11 is 0. The van der Waals surface area contributed by atoms with Crippen LogP contribution < -0.4 is 0 Å². The molecule has 0 atom stereocenters. The van der Waals surface area contributed by atoms with E-state index >= 15 is 0 Å². The molecule has 0 aromatic carbocycles. The van der Waals surface area contributed by atoms with Gasteiger partial charge in [0, 0.05) is 6.08 Å². The van der Waals surface area contributed by atoms with E-state index in [4.69, 9.17) is 5.11 Å². The summed E-state index contributed by atoms with van der Waals surface area (Å²) in [6, 6.07) is 0. The zero-order valence-corrected chi connectivity index (χ0v) is 12.4. The molecule has 0 saturated carbocycles. The summed E-state index contributed by atoms with van der Waals surface area (Å²) in [5.41, 5.74) is 0. The summed E-state index contributed by atoms with van der Waals surface area (Å²) in [6.07, 6.45) is 21.2. The number of aliphatic carboxylic acids is 1. The maximum atomic E-state index is 10.2. The van der Waals surface area contributed by atoms with Crippen LogP contribution >= 0.6 is 0 Å². The van der Waals surface area contributed by atoms with Gasteiger partial charge in [0.25, 0.3) is 0 Å². The second-order valence-corrected chi connectivity index (χ2v) is 5.10. The summed E-state index contributed by atoms with van der Waals surface area (Å²) in [7, 11) is 0. The molecule has 0 rings (SSSR count). The molecule has 0 saturated heterocycles. The van der Waals surface area contributed by atoms with Crippen LogP contribution in [-0.2, 0) is 4.79 Å². The van der Waals surface area contributed by atoms with Crippen molar-refractivity contribution in [3.05, 3.63) is 24.3 Å². The first-order valence-electron chi connectivity index (χ1n) is 7.83. The molecule has 0 radical (unpaired) electrons. The SMILES string of the molecule is CCCCCCCCCCCC/C=C/C=C/C(=O)O. The Morgan fingerprint density at radius 3 is 1.89 bits per heavy atom. The Balaban J connectivity index is 3.12. The molecule has 1 N–H and O–H groups in total. The third kappa shape index (κ3) is 16.9. The van der Waals surface area contributed by atoms with Crippen LogP contribution in [0.5, 0.6) is 0 Å². The van der Waals surface area contributed by atoms with Crippen LogP contribution in [0.2, 0.25) is 0 Å². The Kier molecular flexibility index (Phi) is 14.2. The number of hydrogen-bond acceptors (Lipinski definition) is 1. The summed E-state index contributed by atoms with van der Waals surface area (Å²) in [6.45, 7) is 2.26. The van der Waals surface area contributed by atoms with Gasteiger partial charge in [0.15, 0.2) is 0 Å². The largest absolute Gasteiger partial charge is 0.478 e. The summed E-state index contributed by atoms with van der Waals surface area (Å²) in [4.78, 5) is 10.2. The Hall–Kier alpha value is -1.05. The van der Waals surface area contributed by atoms with Crippen molar-refractivity contribution in [1.82, 2.24) is 0 Å². The number of hydrogen-bond donors (Lipinski definition) is 1. The van der Waals surface area contributed by atoms with Crippen molar-refractivity contribution in [1.29, 1.82) is 0 Å². The molecule has 0 aromatic heterocycles. The Morgan fingerprint density at radius 2 is 1.37 bits per heavy atom. The highest BCUT2D eigenvalue weighted by Gasteiger charge is 1.91. The molecule has 0 aliphatic carbocycles. The molecule has 0 heterocycles. The van der Waals surface area contributed by atoms with Crippen LogP contribution in [0.4, 0.5) is 0 Å². The second-order valence-electron chi connectivity index (χ2n) is 5.10. The van der Waals surface area contributed by atoms with Gasteiger partial charge in [-0.25, -0.2) is 4.79 Å². The minimum absolute atomic E-state index is 0.886. The van der Waals surface area contributed by atoms with Crippen molar-refractivity contribution >= 4 is 5.97 Å². The molecular weight excluding hydrogens is 236 g/mol. The number of allylic oxidation sites excluding steroid dienone is 3. The van der Waals surface area contributed by atoms with E-state index in [1.54, 1.807) is 6.08 Å². The van der Waals surface area contributed by atoms with Crippen molar-refractivity contribution in [2.45, 2.75) is 77.6 Å². The van der Waals surface area contributed by atoms with Crippen molar-refractivity contribution in [3.63, 3.8) is 0 Å². The highest BCUT2D eigenvalue weighted by atomic mass is 16.4. The van der Waals surface area contributed by atoms with Gasteiger partial charge < -0.3 is 5.11 Å². The van der Waals surface area contributed by atoms with Gasteiger partial charge >= 0.3 is 5.97 Å². The van der Waals surface area contributed by atoms with Crippen molar-refractivity contribution in [2.75, 3.05) is 0 Å². The number of carboxylic acid groups (broad SMARTS) is 1. The van der Waals surface area contributed by atoms with E-state index in [0.29, 0.717) is 0 Å². The summed E-state index contributed by atoms with van der Waals surface area (Å²) in [5.74, 6) is -0.886. The van der Waals surface area contributed by atoms with Crippen LogP contribution in [-0.4, -0.2) is 11.1 Å². The lowest BCUT2D eigenvalue weighted by Gasteiger charge is -2.01. The van der Waals surface area contributed by atoms with Crippen molar-refractivity contribution < 1.29 is 9.90 Å². The Labute approximate surface area is 118 Å². The van der Waals surface area contributed by atoms with Crippen LogP contribution in [0.15, 0.2) is 24.3 Å². The van der Waals surface area contributed by atoms with E-state index in [-0.39, 0.29) is 0 Å². The minimum atomic E-state index is -0.886. The van der Waals surface area contributed by atoms with E-state index in [0.717, 1.165) is 12.5 Å². The lowest BCUT2D eigenvalue weighted by Crippen LogP contribution is -1.84. The monoisotopic (exact) mass is 266 g/mol. The van der Waals surface area contributed by atoms with E-state index in [1.807, 2.05) is 12.2 Å². The zero-order chi connectivity index (χ0) is 14.2. The second kappa shape index (κ2) is 15.0. The first-order valence-corrected chi connectivity index (χ1v) is 7.83. The quantitative estimate of drug-likeness (QED) is 0.272. The van der Waals surface area contributed by atoms with Crippen LogP contribution in [0.3, 0.4) is 0 Å². The fourth-order valence-electron chi connectivity index (χ4n) is 2.06. The van der Waals surface area contributed by atoms with E-state index in [2.05, 4.69) is 6.92 Å². The third-order valence-corrected chi connectivity index (χ3v) is 3.21. The lowest BCUT2D eigenvalue weighted by atomic mass is 10.1. The van der Waals surface area contributed by atoms with Gasteiger partial charge in [0.05, 0.1) is 0 Å². The van der Waals surface area contributed by atoms with Gasteiger partial charge in [-0.05, 0) is 12.8 Å². The summed E-state index contributed by atoms with van der Waals surface area (Å²) in [5, 5.41) is 8.38. The van der Waals surface area contributed by atoms with E-state index in [1.165, 1.54) is 64.2 Å². The average Bonchev–Trinajstić information content (AvgIpc) is 2.39. The smallest absolute Gasteiger partial charge is 0.328 e. The first kappa shape index (κ1) is 17.9. The standard InChI is InChI=1S/C17H30O2/c1-2-3-4-5-6-7-8-9-10-11-12-13-14-15-16-17(18)19/h13-16H,2-12H2,1H3,(H,18,19)/b14-13+,16-15+. The average molecular weight is 266 g/mol. The predicted octanol–water partition coefficient (Wildman–Crippen LogP) is 5.49.